The summed E-state index contributed by atoms with van der Waals surface area (Å²) in [6.45, 7) is 5.58. The molecule has 1 atom stereocenters. The molecule has 0 aliphatic heterocycles. The smallest absolute Gasteiger partial charge is 0.118 e. The van der Waals surface area contributed by atoms with E-state index in [4.69, 9.17) is 4.74 Å². The van der Waals surface area contributed by atoms with Gasteiger partial charge in [-0.3, -0.25) is 0 Å². The molecule has 0 aliphatic carbocycles. The summed E-state index contributed by atoms with van der Waals surface area (Å²) in [4.78, 5) is 0. The lowest BCUT2D eigenvalue weighted by Gasteiger charge is -2.14. The van der Waals surface area contributed by atoms with Gasteiger partial charge in [0, 0.05) is 6.04 Å². The third kappa shape index (κ3) is 5.54. The molecule has 1 aromatic rings. The molecule has 2 heteroatoms. The van der Waals surface area contributed by atoms with Crippen LogP contribution in [-0.4, -0.2) is 13.7 Å². The van der Waals surface area contributed by atoms with E-state index in [-0.39, 0.29) is 0 Å². The molecule has 102 valence electrons. The zero-order chi connectivity index (χ0) is 13.2. The van der Waals surface area contributed by atoms with Crippen LogP contribution >= 0.6 is 0 Å². The Morgan fingerprint density at radius 2 is 1.72 bits per heavy atom. The highest BCUT2D eigenvalue weighted by atomic mass is 16.5. The van der Waals surface area contributed by atoms with Crippen molar-refractivity contribution in [3.05, 3.63) is 29.8 Å². The minimum Gasteiger partial charge on any atom is -0.497 e. The first-order valence-electron chi connectivity index (χ1n) is 7.15. The first-order chi connectivity index (χ1) is 8.77. The van der Waals surface area contributed by atoms with E-state index in [0.29, 0.717) is 6.04 Å². The van der Waals surface area contributed by atoms with Gasteiger partial charge >= 0.3 is 0 Å². The number of unbranched alkanes of at least 4 members (excludes halogenated alkanes) is 4. The summed E-state index contributed by atoms with van der Waals surface area (Å²) in [5.41, 5.74) is 1.32. The van der Waals surface area contributed by atoms with Crippen molar-refractivity contribution in [2.45, 2.75) is 52.0 Å². The second-order valence-corrected chi connectivity index (χ2v) is 4.86. The molecule has 0 amide bonds. The predicted octanol–water partition coefficient (Wildman–Crippen LogP) is 4.32. The molecule has 1 N–H and O–H groups in total. The maximum Gasteiger partial charge on any atom is 0.118 e. The van der Waals surface area contributed by atoms with Crippen molar-refractivity contribution in [1.82, 2.24) is 5.32 Å². The molecule has 0 spiro atoms. The van der Waals surface area contributed by atoms with Gasteiger partial charge in [0.05, 0.1) is 7.11 Å². The van der Waals surface area contributed by atoms with E-state index in [9.17, 15) is 0 Å². The van der Waals surface area contributed by atoms with E-state index in [1.54, 1.807) is 7.11 Å². The number of rotatable bonds is 9. The SMILES string of the molecule is CCCCCCCNC(C)c1ccc(OC)cc1. The second kappa shape index (κ2) is 8.98. The first kappa shape index (κ1) is 15.0. The summed E-state index contributed by atoms with van der Waals surface area (Å²) in [6.07, 6.45) is 6.68. The van der Waals surface area contributed by atoms with E-state index in [1.165, 1.54) is 37.7 Å². The van der Waals surface area contributed by atoms with Gasteiger partial charge in [0.1, 0.15) is 5.75 Å². The van der Waals surface area contributed by atoms with Gasteiger partial charge in [-0.2, -0.15) is 0 Å². The van der Waals surface area contributed by atoms with Crippen LogP contribution in [0.4, 0.5) is 0 Å². The molecule has 1 rings (SSSR count). The molecular formula is C16H27NO. The molecule has 0 fully saturated rings. The minimum absolute atomic E-state index is 0.419. The first-order valence-corrected chi connectivity index (χ1v) is 7.15. The standard InChI is InChI=1S/C16H27NO/c1-4-5-6-7-8-13-17-14(2)15-9-11-16(18-3)12-10-15/h9-12,14,17H,4-8,13H2,1-3H3. The lowest BCUT2D eigenvalue weighted by Crippen LogP contribution is -2.19. The van der Waals surface area contributed by atoms with Crippen LogP contribution in [0, 0.1) is 0 Å². The molecule has 18 heavy (non-hydrogen) atoms. The molecule has 0 saturated carbocycles. The zero-order valence-electron chi connectivity index (χ0n) is 12.0. The Labute approximate surface area is 112 Å². The summed E-state index contributed by atoms with van der Waals surface area (Å²) < 4.78 is 5.16. The number of ether oxygens (including phenoxy) is 1. The quantitative estimate of drug-likeness (QED) is 0.658. The van der Waals surface area contributed by atoms with Gasteiger partial charge in [-0.05, 0) is 37.6 Å². The molecule has 0 heterocycles. The van der Waals surface area contributed by atoms with Gasteiger partial charge in [0.25, 0.3) is 0 Å². The Kier molecular flexibility index (Phi) is 7.51. The fourth-order valence-corrected chi connectivity index (χ4v) is 2.06. The topological polar surface area (TPSA) is 21.3 Å². The molecule has 0 aromatic heterocycles. The Bertz CT molecular complexity index is 307. The summed E-state index contributed by atoms with van der Waals surface area (Å²) >= 11 is 0. The largest absolute Gasteiger partial charge is 0.497 e. The second-order valence-electron chi connectivity index (χ2n) is 4.86. The number of hydrogen-bond donors (Lipinski definition) is 1. The van der Waals surface area contributed by atoms with Gasteiger partial charge in [-0.15, -0.1) is 0 Å². The van der Waals surface area contributed by atoms with Crippen LogP contribution in [0.3, 0.4) is 0 Å². The van der Waals surface area contributed by atoms with Crippen LogP contribution < -0.4 is 10.1 Å². The highest BCUT2D eigenvalue weighted by Crippen LogP contribution is 2.17. The number of methoxy groups -OCH3 is 1. The van der Waals surface area contributed by atoms with Gasteiger partial charge < -0.3 is 10.1 Å². The zero-order valence-corrected chi connectivity index (χ0v) is 12.0. The van der Waals surface area contributed by atoms with Crippen molar-refractivity contribution in [3.8, 4) is 5.75 Å². The molecule has 2 nitrogen and oxygen atoms in total. The molecule has 0 saturated heterocycles. The molecular weight excluding hydrogens is 222 g/mol. The van der Waals surface area contributed by atoms with Gasteiger partial charge in [-0.1, -0.05) is 44.7 Å². The van der Waals surface area contributed by atoms with E-state index in [2.05, 4.69) is 31.3 Å². The third-order valence-corrected chi connectivity index (χ3v) is 3.35. The summed E-state index contributed by atoms with van der Waals surface area (Å²) in [6, 6.07) is 8.73. The average Bonchev–Trinajstić information content (AvgIpc) is 2.42. The van der Waals surface area contributed by atoms with Crippen molar-refractivity contribution in [2.75, 3.05) is 13.7 Å². The highest BCUT2D eigenvalue weighted by Gasteiger charge is 2.03. The lowest BCUT2D eigenvalue weighted by molar-refractivity contribution is 0.414. The summed E-state index contributed by atoms with van der Waals surface area (Å²) in [5, 5.41) is 3.57. The normalized spacial score (nSPS) is 12.4. The Balaban J connectivity index is 2.21. The van der Waals surface area contributed by atoms with Crippen LogP contribution in [-0.2, 0) is 0 Å². The summed E-state index contributed by atoms with van der Waals surface area (Å²) in [7, 11) is 1.70. The number of hydrogen-bond acceptors (Lipinski definition) is 2. The van der Waals surface area contributed by atoms with E-state index in [1.807, 2.05) is 12.1 Å². The average molecular weight is 249 g/mol. The maximum atomic E-state index is 5.16. The van der Waals surface area contributed by atoms with E-state index >= 15 is 0 Å². The molecule has 1 unspecified atom stereocenters. The Hall–Kier alpha value is -1.02. The van der Waals surface area contributed by atoms with Gasteiger partial charge in [0.2, 0.25) is 0 Å². The van der Waals surface area contributed by atoms with Gasteiger partial charge in [0.15, 0.2) is 0 Å². The maximum absolute atomic E-state index is 5.16. The minimum atomic E-state index is 0.419. The van der Waals surface area contributed by atoms with Crippen molar-refractivity contribution in [2.24, 2.45) is 0 Å². The molecule has 0 aliphatic rings. The van der Waals surface area contributed by atoms with Crippen LogP contribution in [0.5, 0.6) is 5.75 Å². The van der Waals surface area contributed by atoms with Crippen molar-refractivity contribution in [1.29, 1.82) is 0 Å². The van der Waals surface area contributed by atoms with Crippen molar-refractivity contribution >= 4 is 0 Å². The highest BCUT2D eigenvalue weighted by molar-refractivity contribution is 5.28. The van der Waals surface area contributed by atoms with Crippen molar-refractivity contribution < 1.29 is 4.74 Å². The van der Waals surface area contributed by atoms with E-state index in [0.717, 1.165) is 12.3 Å². The third-order valence-electron chi connectivity index (χ3n) is 3.35. The van der Waals surface area contributed by atoms with Crippen molar-refractivity contribution in [3.63, 3.8) is 0 Å². The molecule has 0 bridgehead atoms. The predicted molar refractivity (Wildman–Crippen MR) is 78.2 cm³/mol. The fraction of sp³-hybridized carbons (Fsp3) is 0.625. The monoisotopic (exact) mass is 249 g/mol. The molecule has 1 aromatic carbocycles. The number of nitrogens with one attached hydrogen (secondary N) is 1. The number of benzene rings is 1. The van der Waals surface area contributed by atoms with Crippen LogP contribution in [0.25, 0.3) is 0 Å². The summed E-state index contributed by atoms with van der Waals surface area (Å²) in [5.74, 6) is 0.922. The lowest BCUT2D eigenvalue weighted by atomic mass is 10.1. The van der Waals surface area contributed by atoms with Crippen LogP contribution in [0.2, 0.25) is 0 Å². The van der Waals surface area contributed by atoms with Crippen LogP contribution in [0.15, 0.2) is 24.3 Å². The Morgan fingerprint density at radius 3 is 2.33 bits per heavy atom. The molecule has 0 radical (unpaired) electrons. The fourth-order valence-electron chi connectivity index (χ4n) is 2.06. The van der Waals surface area contributed by atoms with Gasteiger partial charge in [-0.25, -0.2) is 0 Å². The van der Waals surface area contributed by atoms with Crippen LogP contribution in [0.1, 0.15) is 57.6 Å². The van der Waals surface area contributed by atoms with E-state index < -0.39 is 0 Å². The Morgan fingerprint density at radius 1 is 1.06 bits per heavy atom.